The lowest BCUT2D eigenvalue weighted by Gasteiger charge is -2.38. The number of halogens is 1. The van der Waals surface area contributed by atoms with Crippen LogP contribution in [0.4, 0.5) is 9.52 Å². The fourth-order valence-electron chi connectivity index (χ4n) is 6.88. The summed E-state index contributed by atoms with van der Waals surface area (Å²) in [7, 11) is 2.21. The van der Waals surface area contributed by atoms with E-state index in [-0.39, 0.29) is 23.8 Å². The lowest BCUT2D eigenvalue weighted by molar-refractivity contribution is -0.120. The number of amides is 2. The topological polar surface area (TPSA) is 85.8 Å². The molecule has 210 valence electrons. The Labute approximate surface area is 238 Å². The Kier molecular flexibility index (Phi) is 7.59. The summed E-state index contributed by atoms with van der Waals surface area (Å²) in [5.41, 5.74) is 2.63. The number of benzene rings is 2. The van der Waals surface area contributed by atoms with E-state index in [2.05, 4.69) is 28.3 Å². The average Bonchev–Trinajstić information content (AvgIpc) is 3.59. The van der Waals surface area contributed by atoms with E-state index in [0.29, 0.717) is 16.6 Å². The molecule has 2 aliphatic heterocycles. The van der Waals surface area contributed by atoms with Crippen molar-refractivity contribution in [1.82, 2.24) is 14.8 Å². The largest absolute Gasteiger partial charge is 0.508 e. The molecule has 40 heavy (non-hydrogen) atoms. The molecule has 1 aromatic heterocycles. The molecular weight excluding hydrogens is 527 g/mol. The zero-order valence-electron chi connectivity index (χ0n) is 22.7. The third kappa shape index (κ3) is 5.37. The predicted molar refractivity (Wildman–Crippen MR) is 153 cm³/mol. The number of carbonyl (C=O) groups excluding carboxylic acids is 2. The third-order valence-corrected chi connectivity index (χ3v) is 9.83. The SMILES string of the molecule is CN1CCC(C2CCC(c3ccc4c(c3)C(=O)N(C(C(=O)Nc3nccs3)c3cc(F)ccc3O)C4)CC2)CC1. The summed E-state index contributed by atoms with van der Waals surface area (Å²) in [5.74, 6) is 0.371. The molecule has 1 unspecified atom stereocenters. The van der Waals surface area contributed by atoms with Crippen molar-refractivity contribution in [3.05, 3.63) is 76.0 Å². The van der Waals surface area contributed by atoms with E-state index in [1.165, 1.54) is 66.6 Å². The van der Waals surface area contributed by atoms with E-state index in [1.54, 1.807) is 11.6 Å². The number of hydrogen-bond acceptors (Lipinski definition) is 6. The van der Waals surface area contributed by atoms with Crippen LogP contribution in [-0.2, 0) is 11.3 Å². The number of likely N-dealkylation sites (tertiary alicyclic amines) is 1. The van der Waals surface area contributed by atoms with E-state index < -0.39 is 17.8 Å². The molecule has 0 bridgehead atoms. The second-order valence-electron chi connectivity index (χ2n) is 11.5. The molecule has 2 N–H and O–H groups in total. The van der Waals surface area contributed by atoms with Gasteiger partial charge in [-0.15, -0.1) is 11.3 Å². The van der Waals surface area contributed by atoms with Crippen molar-refractivity contribution in [2.24, 2.45) is 11.8 Å². The number of thiazole rings is 1. The summed E-state index contributed by atoms with van der Waals surface area (Å²) in [4.78, 5) is 35.2. The molecule has 3 heterocycles. The van der Waals surface area contributed by atoms with Gasteiger partial charge in [-0.2, -0.15) is 0 Å². The number of carbonyl (C=O) groups is 2. The van der Waals surface area contributed by atoms with Crippen LogP contribution < -0.4 is 5.32 Å². The minimum absolute atomic E-state index is 0.0441. The van der Waals surface area contributed by atoms with Gasteiger partial charge in [0.25, 0.3) is 11.8 Å². The molecule has 1 aliphatic carbocycles. The van der Waals surface area contributed by atoms with Crippen molar-refractivity contribution >= 4 is 28.3 Å². The van der Waals surface area contributed by atoms with Gasteiger partial charge < -0.3 is 14.9 Å². The fourth-order valence-corrected chi connectivity index (χ4v) is 7.41. The Morgan fingerprint density at radius 2 is 1.82 bits per heavy atom. The van der Waals surface area contributed by atoms with Gasteiger partial charge in [-0.3, -0.25) is 14.9 Å². The van der Waals surface area contributed by atoms with Crippen molar-refractivity contribution in [3.8, 4) is 5.75 Å². The van der Waals surface area contributed by atoms with Crippen molar-refractivity contribution in [2.75, 3.05) is 25.5 Å². The highest BCUT2D eigenvalue weighted by Crippen LogP contribution is 2.43. The maximum Gasteiger partial charge on any atom is 0.255 e. The van der Waals surface area contributed by atoms with Crippen molar-refractivity contribution in [3.63, 3.8) is 0 Å². The molecule has 0 radical (unpaired) electrons. The minimum Gasteiger partial charge on any atom is -0.508 e. The van der Waals surface area contributed by atoms with Crippen molar-refractivity contribution in [1.29, 1.82) is 0 Å². The van der Waals surface area contributed by atoms with Crippen LogP contribution in [0.25, 0.3) is 0 Å². The minimum atomic E-state index is -1.21. The van der Waals surface area contributed by atoms with E-state index in [4.69, 9.17) is 0 Å². The number of anilines is 1. The Morgan fingerprint density at radius 3 is 2.55 bits per heavy atom. The molecule has 2 aromatic carbocycles. The van der Waals surface area contributed by atoms with Crippen LogP contribution in [-0.4, -0.2) is 51.8 Å². The highest BCUT2D eigenvalue weighted by molar-refractivity contribution is 7.13. The molecule has 2 fully saturated rings. The molecule has 3 aromatic rings. The van der Waals surface area contributed by atoms with E-state index in [1.807, 2.05) is 12.1 Å². The first-order valence-electron chi connectivity index (χ1n) is 14.2. The molecule has 1 saturated heterocycles. The zero-order valence-corrected chi connectivity index (χ0v) is 23.5. The number of rotatable bonds is 6. The van der Waals surface area contributed by atoms with Crippen LogP contribution in [0.2, 0.25) is 0 Å². The van der Waals surface area contributed by atoms with E-state index >= 15 is 0 Å². The maximum atomic E-state index is 14.3. The predicted octanol–water partition coefficient (Wildman–Crippen LogP) is 5.94. The number of phenols is 1. The van der Waals surface area contributed by atoms with Gasteiger partial charge in [-0.1, -0.05) is 12.1 Å². The number of aromatic hydroxyl groups is 1. The number of hydrogen-bond donors (Lipinski definition) is 2. The van der Waals surface area contributed by atoms with Gasteiger partial charge in [0.2, 0.25) is 0 Å². The summed E-state index contributed by atoms with van der Waals surface area (Å²) in [6.45, 7) is 2.60. The molecule has 1 atom stereocenters. The van der Waals surface area contributed by atoms with Gasteiger partial charge in [-0.05, 0) is 112 Å². The molecule has 0 spiro atoms. The first kappa shape index (κ1) is 26.9. The van der Waals surface area contributed by atoms with Crippen LogP contribution in [0, 0.1) is 17.7 Å². The molecule has 2 amide bonds. The molecule has 3 aliphatic rings. The summed E-state index contributed by atoms with van der Waals surface area (Å²) in [6, 6.07) is 8.36. The van der Waals surface area contributed by atoms with Crippen LogP contribution in [0.15, 0.2) is 48.0 Å². The first-order valence-corrected chi connectivity index (χ1v) is 15.1. The number of fused-ring (bicyclic) bond motifs is 1. The standard InChI is InChI=1S/C31H35FN4O3S/c1-35-13-10-21(11-14-35)19-2-4-20(5-3-19)22-6-7-23-18-36(30(39)25(23)16-22)28(26-17-24(32)8-9-27(26)37)29(38)34-31-33-12-15-40-31/h6-9,12,15-17,19-21,28,37H,2-5,10-11,13-14,18H2,1H3,(H,33,34,38). The maximum absolute atomic E-state index is 14.3. The first-order chi connectivity index (χ1) is 19.4. The number of nitrogens with one attached hydrogen (secondary N) is 1. The zero-order chi connectivity index (χ0) is 27.8. The number of aromatic nitrogens is 1. The molecular formula is C31H35FN4O3S. The highest BCUT2D eigenvalue weighted by atomic mass is 32.1. The van der Waals surface area contributed by atoms with Gasteiger partial charge in [0, 0.05) is 29.2 Å². The monoisotopic (exact) mass is 562 g/mol. The van der Waals surface area contributed by atoms with Gasteiger partial charge in [-0.25, -0.2) is 9.37 Å². The second-order valence-corrected chi connectivity index (χ2v) is 12.4. The van der Waals surface area contributed by atoms with Crippen LogP contribution in [0.5, 0.6) is 5.75 Å². The third-order valence-electron chi connectivity index (χ3n) is 9.15. The lowest BCUT2D eigenvalue weighted by Crippen LogP contribution is -2.37. The van der Waals surface area contributed by atoms with Gasteiger partial charge in [0.15, 0.2) is 5.13 Å². The summed E-state index contributed by atoms with van der Waals surface area (Å²) >= 11 is 1.24. The number of phenolic OH excluding ortho intramolecular Hbond substituents is 1. The van der Waals surface area contributed by atoms with Crippen molar-refractivity contribution < 1.29 is 19.1 Å². The van der Waals surface area contributed by atoms with Gasteiger partial charge in [0.05, 0.1) is 0 Å². The van der Waals surface area contributed by atoms with Gasteiger partial charge in [0.1, 0.15) is 17.6 Å². The molecule has 6 rings (SSSR count). The van der Waals surface area contributed by atoms with Crippen molar-refractivity contribution in [2.45, 2.75) is 57.0 Å². The van der Waals surface area contributed by atoms with Crippen LogP contribution in [0.1, 0.15) is 77.5 Å². The fraction of sp³-hybridized carbons (Fsp3) is 0.452. The van der Waals surface area contributed by atoms with Gasteiger partial charge >= 0.3 is 0 Å². The number of nitrogens with zero attached hydrogens (tertiary/aromatic N) is 3. The normalized spacial score (nSPS) is 22.8. The molecule has 9 heteroatoms. The highest BCUT2D eigenvalue weighted by Gasteiger charge is 2.40. The lowest BCUT2D eigenvalue weighted by atomic mass is 9.71. The Bertz CT molecular complexity index is 1380. The summed E-state index contributed by atoms with van der Waals surface area (Å²) < 4.78 is 14.3. The van der Waals surface area contributed by atoms with Crippen LogP contribution >= 0.6 is 11.3 Å². The Balaban J connectivity index is 1.21. The molecule has 7 nitrogen and oxygen atoms in total. The van der Waals surface area contributed by atoms with Crippen LogP contribution in [0.3, 0.4) is 0 Å². The smallest absolute Gasteiger partial charge is 0.255 e. The summed E-state index contributed by atoms with van der Waals surface area (Å²) in [6.07, 6.45) is 8.88. The second kappa shape index (κ2) is 11.3. The van der Waals surface area contributed by atoms with E-state index in [0.717, 1.165) is 42.4 Å². The Hall–Kier alpha value is -3.30. The average molecular weight is 563 g/mol. The number of piperidine rings is 1. The quantitative estimate of drug-likeness (QED) is 0.389. The Morgan fingerprint density at radius 1 is 1.07 bits per heavy atom. The van der Waals surface area contributed by atoms with E-state index in [9.17, 15) is 19.1 Å². The molecule has 1 saturated carbocycles. The summed E-state index contributed by atoms with van der Waals surface area (Å²) in [5, 5.41) is 15.4.